The van der Waals surface area contributed by atoms with Crippen molar-refractivity contribution in [2.75, 3.05) is 5.73 Å². The van der Waals surface area contributed by atoms with Gasteiger partial charge < -0.3 is 16.0 Å². The van der Waals surface area contributed by atoms with Gasteiger partial charge in [-0.25, -0.2) is 4.79 Å². The van der Waals surface area contributed by atoms with Crippen LogP contribution in [0.15, 0.2) is 24.3 Å². The second kappa shape index (κ2) is 5.11. The summed E-state index contributed by atoms with van der Waals surface area (Å²) in [5.41, 5.74) is 7.66. The molecule has 0 bridgehead atoms. The van der Waals surface area contributed by atoms with Crippen molar-refractivity contribution in [1.29, 1.82) is 0 Å². The molecule has 0 spiro atoms. The molecule has 0 unspecified atom stereocenters. The zero-order valence-corrected chi connectivity index (χ0v) is 11.1. The van der Waals surface area contributed by atoms with Gasteiger partial charge in [-0.2, -0.15) is 0 Å². The highest BCUT2D eigenvalue weighted by Gasteiger charge is 2.34. The lowest BCUT2D eigenvalue weighted by Gasteiger charge is -2.31. The lowest BCUT2D eigenvalue weighted by atomic mass is 9.93. The minimum absolute atomic E-state index is 0.0922. The number of hydrogen-bond donors (Lipinski definition) is 2. The predicted octanol–water partition coefficient (Wildman–Crippen LogP) is 2.50. The molecule has 19 heavy (non-hydrogen) atoms. The largest absolute Gasteiger partial charge is 0.399 e. The number of nitrogen functional groups attached to an aromatic ring is 1. The number of benzene rings is 1. The molecule has 2 aliphatic rings. The molecule has 0 radical (unpaired) electrons. The summed E-state index contributed by atoms with van der Waals surface area (Å²) in [6.07, 6.45) is 5.75. The number of carbonyl (C=O) groups excluding carboxylic acids is 1. The average Bonchev–Trinajstić information content (AvgIpc) is 3.15. The van der Waals surface area contributed by atoms with Gasteiger partial charge in [-0.3, -0.25) is 0 Å². The quantitative estimate of drug-likeness (QED) is 0.816. The first-order valence-electron chi connectivity index (χ1n) is 7.14. The van der Waals surface area contributed by atoms with Crippen molar-refractivity contribution in [3.05, 3.63) is 29.8 Å². The Balaban J connectivity index is 1.65. The summed E-state index contributed by atoms with van der Waals surface area (Å²) in [7, 11) is 0. The molecule has 3 rings (SSSR count). The zero-order chi connectivity index (χ0) is 13.2. The lowest BCUT2D eigenvalue weighted by Crippen LogP contribution is -2.47. The molecule has 0 saturated heterocycles. The SMILES string of the molecule is Nc1cccc(CN(C(=O)NC2CCC2)C2CC2)c1. The van der Waals surface area contributed by atoms with E-state index in [4.69, 9.17) is 5.73 Å². The van der Waals surface area contributed by atoms with Gasteiger partial charge in [0.05, 0.1) is 0 Å². The summed E-state index contributed by atoms with van der Waals surface area (Å²) >= 11 is 0. The first kappa shape index (κ1) is 12.3. The Labute approximate surface area is 114 Å². The van der Waals surface area contributed by atoms with E-state index in [1.807, 2.05) is 29.2 Å². The number of nitrogens with zero attached hydrogens (tertiary/aromatic N) is 1. The summed E-state index contributed by atoms with van der Waals surface area (Å²) in [4.78, 5) is 14.3. The van der Waals surface area contributed by atoms with Gasteiger partial charge in [0, 0.05) is 24.3 Å². The summed E-state index contributed by atoms with van der Waals surface area (Å²) in [5, 5.41) is 3.13. The molecular formula is C15H21N3O. The van der Waals surface area contributed by atoms with Gasteiger partial charge in [-0.15, -0.1) is 0 Å². The Morgan fingerprint density at radius 3 is 2.68 bits per heavy atom. The van der Waals surface area contributed by atoms with Gasteiger partial charge >= 0.3 is 6.03 Å². The third-order valence-electron chi connectivity index (χ3n) is 3.99. The smallest absolute Gasteiger partial charge is 0.318 e. The Bertz CT molecular complexity index is 466. The van der Waals surface area contributed by atoms with Gasteiger partial charge in [-0.05, 0) is 49.8 Å². The highest BCUT2D eigenvalue weighted by molar-refractivity contribution is 5.75. The van der Waals surface area contributed by atoms with E-state index in [0.717, 1.165) is 36.9 Å². The number of rotatable bonds is 4. The lowest BCUT2D eigenvalue weighted by molar-refractivity contribution is 0.180. The molecular weight excluding hydrogens is 238 g/mol. The monoisotopic (exact) mass is 259 g/mol. The second-order valence-electron chi connectivity index (χ2n) is 5.68. The van der Waals surface area contributed by atoms with Crippen LogP contribution >= 0.6 is 0 Å². The zero-order valence-electron chi connectivity index (χ0n) is 11.1. The molecule has 1 aromatic carbocycles. The Hall–Kier alpha value is -1.71. The Morgan fingerprint density at radius 1 is 1.32 bits per heavy atom. The number of nitrogens with two attached hydrogens (primary N) is 1. The fourth-order valence-corrected chi connectivity index (χ4v) is 2.45. The molecule has 2 saturated carbocycles. The maximum atomic E-state index is 12.3. The number of urea groups is 1. The topological polar surface area (TPSA) is 58.4 Å². The number of nitrogens with one attached hydrogen (secondary N) is 1. The summed E-state index contributed by atoms with van der Waals surface area (Å²) in [5.74, 6) is 0. The van der Waals surface area contributed by atoms with Gasteiger partial charge in [0.1, 0.15) is 0 Å². The van der Waals surface area contributed by atoms with Crippen LogP contribution in [0.4, 0.5) is 10.5 Å². The van der Waals surface area contributed by atoms with Crippen LogP contribution in [-0.2, 0) is 6.54 Å². The van der Waals surface area contributed by atoms with E-state index in [-0.39, 0.29) is 6.03 Å². The van der Waals surface area contributed by atoms with E-state index >= 15 is 0 Å². The van der Waals surface area contributed by atoms with Crippen molar-refractivity contribution in [3.63, 3.8) is 0 Å². The van der Waals surface area contributed by atoms with Crippen molar-refractivity contribution in [3.8, 4) is 0 Å². The van der Waals surface area contributed by atoms with Crippen LogP contribution in [0.1, 0.15) is 37.7 Å². The fourth-order valence-electron chi connectivity index (χ4n) is 2.45. The molecule has 0 aliphatic heterocycles. The molecule has 0 aromatic heterocycles. The van der Waals surface area contributed by atoms with Crippen molar-refractivity contribution in [2.45, 2.75) is 50.7 Å². The summed E-state index contributed by atoms with van der Waals surface area (Å²) in [6, 6.07) is 8.71. The fraction of sp³-hybridized carbons (Fsp3) is 0.533. The van der Waals surface area contributed by atoms with Gasteiger partial charge in [0.15, 0.2) is 0 Å². The third kappa shape index (κ3) is 3.00. The first-order chi connectivity index (χ1) is 9.22. The number of carbonyl (C=O) groups is 1. The van der Waals surface area contributed by atoms with Gasteiger partial charge in [0.25, 0.3) is 0 Å². The molecule has 0 heterocycles. The Morgan fingerprint density at radius 2 is 2.11 bits per heavy atom. The number of hydrogen-bond acceptors (Lipinski definition) is 2. The Kier molecular flexibility index (Phi) is 3.32. The molecule has 4 heteroatoms. The molecule has 2 fully saturated rings. The van der Waals surface area contributed by atoms with E-state index in [1.165, 1.54) is 6.42 Å². The maximum Gasteiger partial charge on any atom is 0.318 e. The van der Waals surface area contributed by atoms with Gasteiger partial charge in [0.2, 0.25) is 0 Å². The van der Waals surface area contributed by atoms with Crippen LogP contribution in [-0.4, -0.2) is 23.0 Å². The summed E-state index contributed by atoms with van der Waals surface area (Å²) in [6.45, 7) is 0.661. The second-order valence-corrected chi connectivity index (χ2v) is 5.68. The van der Waals surface area contributed by atoms with Gasteiger partial charge in [-0.1, -0.05) is 12.1 Å². The maximum absolute atomic E-state index is 12.3. The standard InChI is InChI=1S/C15H21N3O/c16-12-4-1-3-11(9-12)10-18(14-7-8-14)15(19)17-13-5-2-6-13/h1,3-4,9,13-14H,2,5-8,10,16H2,(H,17,19). The van der Waals surface area contributed by atoms with Crippen LogP contribution < -0.4 is 11.1 Å². The molecule has 2 aliphatic carbocycles. The normalized spacial score (nSPS) is 18.7. The van der Waals surface area contributed by atoms with Crippen LogP contribution in [0.2, 0.25) is 0 Å². The molecule has 0 atom stereocenters. The first-order valence-corrected chi connectivity index (χ1v) is 7.14. The van der Waals surface area contributed by atoms with Crippen LogP contribution in [0.25, 0.3) is 0 Å². The summed E-state index contributed by atoms with van der Waals surface area (Å²) < 4.78 is 0. The molecule has 2 amide bonds. The van der Waals surface area contributed by atoms with E-state index in [0.29, 0.717) is 18.6 Å². The molecule has 102 valence electrons. The average molecular weight is 259 g/mol. The van der Waals surface area contributed by atoms with E-state index in [2.05, 4.69) is 5.32 Å². The van der Waals surface area contributed by atoms with Crippen LogP contribution in [0, 0.1) is 0 Å². The highest BCUT2D eigenvalue weighted by atomic mass is 16.2. The van der Waals surface area contributed by atoms with E-state index in [9.17, 15) is 4.79 Å². The minimum Gasteiger partial charge on any atom is -0.399 e. The molecule has 4 nitrogen and oxygen atoms in total. The predicted molar refractivity (Wildman–Crippen MR) is 75.6 cm³/mol. The third-order valence-corrected chi connectivity index (χ3v) is 3.99. The number of amides is 2. The van der Waals surface area contributed by atoms with Crippen molar-refractivity contribution in [2.24, 2.45) is 0 Å². The minimum atomic E-state index is 0.0922. The van der Waals surface area contributed by atoms with Crippen LogP contribution in [0.3, 0.4) is 0 Å². The van der Waals surface area contributed by atoms with E-state index in [1.54, 1.807) is 0 Å². The molecule has 1 aromatic rings. The van der Waals surface area contributed by atoms with Crippen molar-refractivity contribution < 1.29 is 4.79 Å². The number of anilines is 1. The highest BCUT2D eigenvalue weighted by Crippen LogP contribution is 2.29. The van der Waals surface area contributed by atoms with Crippen molar-refractivity contribution in [1.82, 2.24) is 10.2 Å². The van der Waals surface area contributed by atoms with Crippen molar-refractivity contribution >= 4 is 11.7 Å². The van der Waals surface area contributed by atoms with Crippen LogP contribution in [0.5, 0.6) is 0 Å². The molecule has 3 N–H and O–H groups in total. The van der Waals surface area contributed by atoms with E-state index < -0.39 is 0 Å².